The maximum absolute atomic E-state index is 7.52. The van der Waals surface area contributed by atoms with Crippen molar-refractivity contribution in [3.05, 3.63) is 315 Å². The van der Waals surface area contributed by atoms with Crippen LogP contribution < -0.4 is 4.90 Å². The molecule has 0 radical (unpaired) electrons. The zero-order chi connectivity index (χ0) is 81.4. The van der Waals surface area contributed by atoms with Gasteiger partial charge in [-0.25, -0.2) is 0 Å². The number of furan rings is 3. The highest BCUT2D eigenvalue weighted by atomic mass is 16.3. The summed E-state index contributed by atoms with van der Waals surface area (Å²) in [5, 5.41) is 6.86. The zero-order valence-corrected chi connectivity index (χ0v) is 71.7. The molecule has 0 spiro atoms. The van der Waals surface area contributed by atoms with E-state index in [1.54, 1.807) is 11.1 Å². The van der Waals surface area contributed by atoms with Gasteiger partial charge in [0, 0.05) is 87.5 Å². The molecular weight excluding hydrogens is 1460 g/mol. The maximum Gasteiger partial charge on any atom is 0.145 e. The van der Waals surface area contributed by atoms with E-state index in [2.05, 4.69) is 337 Å². The van der Waals surface area contributed by atoms with Crippen molar-refractivity contribution in [2.45, 2.75) is 205 Å². The van der Waals surface area contributed by atoms with Crippen molar-refractivity contribution in [2.75, 3.05) is 4.90 Å². The van der Waals surface area contributed by atoms with Gasteiger partial charge in [-0.15, -0.1) is 0 Å². The number of fused-ring (bicyclic) bond motifs is 33. The monoisotopic (exact) mass is 1560 g/mol. The fourth-order valence-electron chi connectivity index (χ4n) is 24.8. The topological polar surface area (TPSA) is 42.7 Å². The highest BCUT2D eigenvalue weighted by Crippen LogP contribution is 2.68. The molecule has 14 aromatic carbocycles. The van der Waals surface area contributed by atoms with Gasteiger partial charge in [-0.2, -0.15) is 0 Å². The molecule has 0 atom stereocenters. The number of anilines is 3. The lowest BCUT2D eigenvalue weighted by atomic mass is 9.70. The molecule has 0 bridgehead atoms. The van der Waals surface area contributed by atoms with Crippen LogP contribution in [0.5, 0.6) is 0 Å². The Morgan fingerprint density at radius 3 is 1.09 bits per heavy atom. The van der Waals surface area contributed by atoms with Crippen molar-refractivity contribution >= 4 is 82.9 Å². The molecule has 23 rings (SSSR count). The van der Waals surface area contributed by atoms with Crippen molar-refractivity contribution in [1.29, 1.82) is 0 Å². The summed E-state index contributed by atoms with van der Waals surface area (Å²) in [6.45, 7) is 29.3. The minimum atomic E-state index is -0.446. The summed E-state index contributed by atoms with van der Waals surface area (Å²) in [7, 11) is 0. The summed E-state index contributed by atoms with van der Waals surface area (Å²) in [4.78, 5) is 2.60. The molecule has 6 aliphatic carbocycles. The van der Waals surface area contributed by atoms with Crippen LogP contribution in [0, 0.1) is 0 Å². The largest absolute Gasteiger partial charge is 0.455 e. The average Bonchev–Trinajstić information content (AvgIpc) is 1.50. The number of hydrogen-bond acceptors (Lipinski definition) is 4. The van der Waals surface area contributed by atoms with Gasteiger partial charge < -0.3 is 18.2 Å². The Bertz CT molecular complexity index is 6980. The van der Waals surface area contributed by atoms with E-state index in [0.717, 1.165) is 83.2 Å². The van der Waals surface area contributed by atoms with Crippen LogP contribution in [0.25, 0.3) is 155 Å². The van der Waals surface area contributed by atoms with Crippen LogP contribution >= 0.6 is 0 Å². The van der Waals surface area contributed by atoms with Crippen LogP contribution in [0.15, 0.2) is 262 Å². The summed E-state index contributed by atoms with van der Waals surface area (Å²) < 4.78 is 21.9. The zero-order valence-electron chi connectivity index (χ0n) is 71.7. The number of para-hydroxylation sites is 3. The molecule has 0 N–H and O–H groups in total. The number of benzene rings is 14. The third-order valence-electron chi connectivity index (χ3n) is 30.5. The minimum Gasteiger partial charge on any atom is -0.455 e. The number of unbranched alkanes of at least 4 members (excludes halogenated alkanes) is 10. The molecule has 6 aliphatic rings. The van der Waals surface area contributed by atoms with Gasteiger partial charge in [0.25, 0.3) is 0 Å². The van der Waals surface area contributed by atoms with Crippen LogP contribution in [0.1, 0.15) is 240 Å². The normalized spacial score (nSPS) is 16.0. The second-order valence-corrected chi connectivity index (χ2v) is 39.0. The summed E-state index contributed by atoms with van der Waals surface area (Å²) in [5.74, 6) is 0. The molecule has 0 aliphatic heterocycles. The fourth-order valence-corrected chi connectivity index (χ4v) is 24.8. The molecule has 0 amide bonds. The van der Waals surface area contributed by atoms with E-state index in [9.17, 15) is 0 Å². The Morgan fingerprint density at radius 1 is 0.250 bits per heavy atom. The van der Waals surface area contributed by atoms with Crippen molar-refractivity contribution < 1.29 is 13.3 Å². The van der Waals surface area contributed by atoms with Gasteiger partial charge in [0.2, 0.25) is 0 Å². The van der Waals surface area contributed by atoms with Crippen molar-refractivity contribution in [1.82, 2.24) is 0 Å². The number of rotatable bonds is 19. The lowest BCUT2D eigenvalue weighted by Gasteiger charge is -2.33. The lowest BCUT2D eigenvalue weighted by molar-refractivity contribution is 0.398. The maximum atomic E-state index is 7.52. The van der Waals surface area contributed by atoms with Crippen molar-refractivity contribution in [2.24, 2.45) is 0 Å². The van der Waals surface area contributed by atoms with Gasteiger partial charge in [0.1, 0.15) is 33.5 Å². The number of hydrogen-bond donors (Lipinski definition) is 0. The van der Waals surface area contributed by atoms with E-state index >= 15 is 0 Å². The second kappa shape index (κ2) is 26.4. The van der Waals surface area contributed by atoms with E-state index in [0.29, 0.717) is 0 Å². The van der Waals surface area contributed by atoms with Crippen LogP contribution in [-0.2, 0) is 32.5 Å². The van der Waals surface area contributed by atoms with Gasteiger partial charge in [-0.3, -0.25) is 0 Å². The molecule has 4 heteroatoms. The van der Waals surface area contributed by atoms with Crippen molar-refractivity contribution in [3.8, 4) is 89.0 Å². The Labute approximate surface area is 706 Å². The molecule has 0 fully saturated rings. The molecule has 17 aromatic rings. The SMILES string of the molecule is CCCCCCCCC1(CCCCCCCC)c2ccccc2-c2ccc(-c3ccc4c(c3)C(C)(C)c3cc(-c5ccc(N(c6ccc7c(c6)C(C)(C)c6c8c(c9oc%10ccccc%10c9c6-7)-c6ccccc6C8(C)C)c6ccc7c(c6)C(C)(C)c6c8c(c9oc%10ccccc%10c9c6-7)-c6ccccc6C8(C)C)c6c5oc5ccccc56)ccc3-4)cc21. The minimum absolute atomic E-state index is 0.00898. The standard InChI is InChI=1S/C116H105NO3/c1-13-15-17-19-21-35-61-116(62-36-22-20-18-16-14-2)87-45-31-23-37-74(87)77-55-50-69(64-92(77)116)68-49-54-75-76-56-51-70(65-89(76)111(3,4)88(75)63-68)73-59-60-93(97-82-40-26-32-46-94(82)118-108(73)97)117(71-52-57-80-90(66-71)114(9,10)104-98(80)100-83-41-27-33-47-95(83)119-109(100)102-78-38-24-29-43-85(78)112(5,6)106(102)104)72-53-58-81-91(67-72)115(11,12)105-99(81)101-84-42-28-34-48-96(84)120-110(101)103-79-39-25-30-44-86(79)113(7,8)107(103)105/h23-34,37-60,63-67H,13-22,35-36,61-62H2,1-12H3. The van der Waals surface area contributed by atoms with Gasteiger partial charge in [0.15, 0.2) is 0 Å². The summed E-state index contributed by atoms with van der Waals surface area (Å²) in [6.07, 6.45) is 18.1. The first kappa shape index (κ1) is 73.4. The van der Waals surface area contributed by atoms with Gasteiger partial charge in [-0.1, -0.05) is 336 Å². The Hall–Kier alpha value is -11.7. The summed E-state index contributed by atoms with van der Waals surface area (Å²) in [6, 6.07) is 95.8. The third-order valence-corrected chi connectivity index (χ3v) is 30.5. The predicted octanol–water partition coefficient (Wildman–Crippen LogP) is 33.5. The van der Waals surface area contributed by atoms with Crippen LogP contribution in [0.2, 0.25) is 0 Å². The van der Waals surface area contributed by atoms with Crippen LogP contribution in [0.4, 0.5) is 17.1 Å². The van der Waals surface area contributed by atoms with Crippen molar-refractivity contribution in [3.63, 3.8) is 0 Å². The molecule has 592 valence electrons. The summed E-state index contributed by atoms with van der Waals surface area (Å²) in [5.41, 5.74) is 44.0. The first-order valence-electron chi connectivity index (χ1n) is 45.1. The fraction of sp³-hybridized carbons (Fsp3) is 0.276. The lowest BCUT2D eigenvalue weighted by Crippen LogP contribution is -2.25. The predicted molar refractivity (Wildman–Crippen MR) is 504 cm³/mol. The molecule has 3 aromatic heterocycles. The molecule has 0 unspecified atom stereocenters. The third kappa shape index (κ3) is 10.1. The molecule has 0 saturated carbocycles. The highest BCUT2D eigenvalue weighted by molar-refractivity contribution is 6.24. The number of nitrogens with zero attached hydrogens (tertiary/aromatic N) is 1. The molecular formula is C116H105NO3. The van der Waals surface area contributed by atoms with E-state index in [-0.39, 0.29) is 21.7 Å². The smallest absolute Gasteiger partial charge is 0.145 e. The van der Waals surface area contributed by atoms with E-state index < -0.39 is 10.8 Å². The summed E-state index contributed by atoms with van der Waals surface area (Å²) >= 11 is 0. The molecule has 4 nitrogen and oxygen atoms in total. The Balaban J connectivity index is 0.683. The Kier molecular flexibility index (Phi) is 16.1. The Morgan fingerprint density at radius 2 is 0.592 bits per heavy atom. The first-order valence-corrected chi connectivity index (χ1v) is 45.1. The molecule has 120 heavy (non-hydrogen) atoms. The second-order valence-electron chi connectivity index (χ2n) is 39.0. The van der Waals surface area contributed by atoms with Crippen LogP contribution in [0.3, 0.4) is 0 Å². The van der Waals surface area contributed by atoms with Crippen LogP contribution in [-0.4, -0.2) is 0 Å². The molecule has 0 saturated heterocycles. The first-order chi connectivity index (χ1) is 58.2. The van der Waals surface area contributed by atoms with Gasteiger partial charge >= 0.3 is 0 Å². The van der Waals surface area contributed by atoms with E-state index in [1.165, 1.54) is 234 Å². The van der Waals surface area contributed by atoms with E-state index in [1.807, 2.05) is 0 Å². The quantitative estimate of drug-likeness (QED) is 0.0757. The molecule has 3 heterocycles. The van der Waals surface area contributed by atoms with E-state index in [4.69, 9.17) is 13.3 Å². The highest BCUT2D eigenvalue weighted by Gasteiger charge is 2.52. The van der Waals surface area contributed by atoms with Gasteiger partial charge in [0.05, 0.1) is 11.1 Å². The van der Waals surface area contributed by atoms with Gasteiger partial charge in [-0.05, 0) is 225 Å². The average molecular weight is 1560 g/mol.